The summed E-state index contributed by atoms with van der Waals surface area (Å²) in [5.41, 5.74) is 2.37. The SMILES string of the molecule is O=CN1CCN(C(=O)c2cc(NCc3ccncc3)ccn2)CC1. The van der Waals surface area contributed by atoms with E-state index in [1.165, 1.54) is 0 Å². The van der Waals surface area contributed by atoms with Crippen molar-refractivity contribution in [3.05, 3.63) is 54.1 Å². The van der Waals surface area contributed by atoms with E-state index in [1.54, 1.807) is 34.5 Å². The molecule has 7 heteroatoms. The minimum absolute atomic E-state index is 0.104. The highest BCUT2D eigenvalue weighted by Gasteiger charge is 2.22. The van der Waals surface area contributed by atoms with Gasteiger partial charge in [0, 0.05) is 57.0 Å². The van der Waals surface area contributed by atoms with Gasteiger partial charge in [0.1, 0.15) is 5.69 Å². The third-order valence-electron chi connectivity index (χ3n) is 3.98. The first-order valence-electron chi connectivity index (χ1n) is 7.84. The van der Waals surface area contributed by atoms with Gasteiger partial charge in [-0.1, -0.05) is 0 Å². The summed E-state index contributed by atoms with van der Waals surface area (Å²) in [6, 6.07) is 7.47. The first-order chi connectivity index (χ1) is 11.8. The number of anilines is 1. The first kappa shape index (κ1) is 15.9. The van der Waals surface area contributed by atoms with Crippen LogP contribution in [-0.2, 0) is 11.3 Å². The predicted octanol–water partition coefficient (Wildman–Crippen LogP) is 1.00. The van der Waals surface area contributed by atoms with Gasteiger partial charge < -0.3 is 15.1 Å². The van der Waals surface area contributed by atoms with Gasteiger partial charge in [0.25, 0.3) is 5.91 Å². The smallest absolute Gasteiger partial charge is 0.272 e. The number of carbonyl (C=O) groups excluding carboxylic acids is 2. The molecule has 0 aliphatic carbocycles. The molecule has 3 rings (SSSR count). The van der Waals surface area contributed by atoms with Gasteiger partial charge in [0.2, 0.25) is 6.41 Å². The number of carbonyl (C=O) groups is 2. The topological polar surface area (TPSA) is 78.4 Å². The van der Waals surface area contributed by atoms with Crippen molar-refractivity contribution in [2.75, 3.05) is 31.5 Å². The Labute approximate surface area is 140 Å². The molecular weight excluding hydrogens is 306 g/mol. The molecule has 1 N–H and O–H groups in total. The van der Waals surface area contributed by atoms with E-state index in [-0.39, 0.29) is 5.91 Å². The van der Waals surface area contributed by atoms with Gasteiger partial charge in [-0.15, -0.1) is 0 Å². The maximum Gasteiger partial charge on any atom is 0.272 e. The summed E-state index contributed by atoms with van der Waals surface area (Å²) in [6.07, 6.45) is 5.95. The quantitative estimate of drug-likeness (QED) is 0.830. The van der Waals surface area contributed by atoms with Crippen molar-refractivity contribution in [3.8, 4) is 0 Å². The molecule has 0 aromatic carbocycles. The van der Waals surface area contributed by atoms with Crippen LogP contribution in [0.25, 0.3) is 0 Å². The summed E-state index contributed by atoms with van der Waals surface area (Å²) in [6.45, 7) is 2.85. The normalized spacial score (nSPS) is 14.3. The zero-order chi connectivity index (χ0) is 16.8. The Morgan fingerprint density at radius 3 is 2.58 bits per heavy atom. The van der Waals surface area contributed by atoms with Crippen molar-refractivity contribution >= 4 is 18.0 Å². The van der Waals surface area contributed by atoms with Gasteiger partial charge in [-0.3, -0.25) is 19.6 Å². The number of nitrogens with zero attached hydrogens (tertiary/aromatic N) is 4. The van der Waals surface area contributed by atoms with E-state index in [0.29, 0.717) is 38.4 Å². The monoisotopic (exact) mass is 325 g/mol. The number of pyridine rings is 2. The van der Waals surface area contributed by atoms with E-state index in [0.717, 1.165) is 17.7 Å². The lowest BCUT2D eigenvalue weighted by Crippen LogP contribution is -2.48. The molecule has 2 aromatic heterocycles. The molecule has 0 saturated carbocycles. The van der Waals surface area contributed by atoms with E-state index in [1.807, 2.05) is 18.2 Å². The zero-order valence-corrected chi connectivity index (χ0v) is 13.3. The molecule has 1 fully saturated rings. The van der Waals surface area contributed by atoms with Crippen LogP contribution in [0, 0.1) is 0 Å². The molecule has 1 aliphatic heterocycles. The standard InChI is InChI=1S/C17H19N5O2/c23-13-21-7-9-22(10-8-21)17(24)16-11-15(3-6-19-16)20-12-14-1-4-18-5-2-14/h1-6,11,13H,7-10,12H2,(H,19,20). The number of hydrogen-bond acceptors (Lipinski definition) is 5. The Morgan fingerprint density at radius 2 is 1.88 bits per heavy atom. The van der Waals surface area contributed by atoms with Crippen LogP contribution in [0.2, 0.25) is 0 Å². The molecule has 3 heterocycles. The van der Waals surface area contributed by atoms with Gasteiger partial charge in [0.15, 0.2) is 0 Å². The molecule has 0 radical (unpaired) electrons. The molecule has 0 bridgehead atoms. The highest BCUT2D eigenvalue weighted by molar-refractivity contribution is 5.93. The number of piperazine rings is 1. The summed E-state index contributed by atoms with van der Waals surface area (Å²) in [7, 11) is 0. The number of aromatic nitrogens is 2. The van der Waals surface area contributed by atoms with Crippen LogP contribution < -0.4 is 5.32 Å². The van der Waals surface area contributed by atoms with E-state index in [4.69, 9.17) is 0 Å². The summed E-state index contributed by atoms with van der Waals surface area (Å²) in [5, 5.41) is 3.28. The highest BCUT2D eigenvalue weighted by atomic mass is 16.2. The number of amides is 2. The lowest BCUT2D eigenvalue weighted by atomic mass is 10.2. The molecule has 7 nitrogen and oxygen atoms in total. The first-order valence-corrected chi connectivity index (χ1v) is 7.84. The molecule has 0 unspecified atom stereocenters. The van der Waals surface area contributed by atoms with Gasteiger partial charge in [-0.25, -0.2) is 0 Å². The largest absolute Gasteiger partial charge is 0.381 e. The van der Waals surface area contributed by atoms with Gasteiger partial charge in [-0.05, 0) is 29.8 Å². The number of hydrogen-bond donors (Lipinski definition) is 1. The molecule has 0 atom stereocenters. The van der Waals surface area contributed by atoms with Crippen molar-refractivity contribution in [2.45, 2.75) is 6.54 Å². The van der Waals surface area contributed by atoms with Gasteiger partial charge in [0.05, 0.1) is 0 Å². The average Bonchev–Trinajstić information content (AvgIpc) is 2.67. The second kappa shape index (κ2) is 7.54. The van der Waals surface area contributed by atoms with E-state index >= 15 is 0 Å². The molecule has 0 spiro atoms. The fourth-order valence-electron chi connectivity index (χ4n) is 2.55. The Hall–Kier alpha value is -2.96. The summed E-state index contributed by atoms with van der Waals surface area (Å²) in [5.74, 6) is -0.104. The maximum atomic E-state index is 12.5. The maximum absolute atomic E-state index is 12.5. The van der Waals surface area contributed by atoms with Crippen LogP contribution in [0.5, 0.6) is 0 Å². The molecule has 1 aliphatic rings. The second-order valence-electron chi connectivity index (χ2n) is 5.57. The highest BCUT2D eigenvalue weighted by Crippen LogP contribution is 2.13. The Bertz CT molecular complexity index is 699. The zero-order valence-electron chi connectivity index (χ0n) is 13.3. The Morgan fingerprint density at radius 1 is 1.12 bits per heavy atom. The molecule has 124 valence electrons. The van der Waals surface area contributed by atoms with E-state index < -0.39 is 0 Å². The Kier molecular flexibility index (Phi) is 5.00. The van der Waals surface area contributed by atoms with E-state index in [2.05, 4.69) is 15.3 Å². The van der Waals surface area contributed by atoms with Gasteiger partial charge in [-0.2, -0.15) is 0 Å². The lowest BCUT2D eigenvalue weighted by Gasteiger charge is -2.32. The van der Waals surface area contributed by atoms with Gasteiger partial charge >= 0.3 is 0 Å². The molecule has 1 saturated heterocycles. The molecular formula is C17H19N5O2. The lowest BCUT2D eigenvalue weighted by molar-refractivity contribution is -0.119. The summed E-state index contributed by atoms with van der Waals surface area (Å²) < 4.78 is 0. The predicted molar refractivity (Wildman–Crippen MR) is 89.3 cm³/mol. The number of nitrogens with one attached hydrogen (secondary N) is 1. The van der Waals surface area contributed by atoms with Crippen molar-refractivity contribution < 1.29 is 9.59 Å². The third-order valence-corrected chi connectivity index (χ3v) is 3.98. The molecule has 24 heavy (non-hydrogen) atoms. The Balaban J connectivity index is 1.62. The van der Waals surface area contributed by atoms with Crippen molar-refractivity contribution in [3.63, 3.8) is 0 Å². The number of rotatable bonds is 5. The fraction of sp³-hybridized carbons (Fsp3) is 0.294. The summed E-state index contributed by atoms with van der Waals surface area (Å²) in [4.78, 5) is 34.9. The minimum Gasteiger partial charge on any atom is -0.381 e. The summed E-state index contributed by atoms with van der Waals surface area (Å²) >= 11 is 0. The third kappa shape index (κ3) is 3.87. The van der Waals surface area contributed by atoms with Crippen LogP contribution in [0.1, 0.15) is 16.1 Å². The molecule has 2 amide bonds. The van der Waals surface area contributed by atoms with Crippen molar-refractivity contribution in [1.82, 2.24) is 19.8 Å². The molecule has 2 aromatic rings. The van der Waals surface area contributed by atoms with Crippen molar-refractivity contribution in [1.29, 1.82) is 0 Å². The van der Waals surface area contributed by atoms with Crippen LogP contribution in [-0.4, -0.2) is 58.3 Å². The van der Waals surface area contributed by atoms with Crippen LogP contribution >= 0.6 is 0 Å². The van der Waals surface area contributed by atoms with Crippen LogP contribution in [0.3, 0.4) is 0 Å². The van der Waals surface area contributed by atoms with E-state index in [9.17, 15) is 9.59 Å². The van der Waals surface area contributed by atoms with Crippen molar-refractivity contribution in [2.24, 2.45) is 0 Å². The second-order valence-corrected chi connectivity index (χ2v) is 5.57. The van der Waals surface area contributed by atoms with Crippen LogP contribution in [0.4, 0.5) is 5.69 Å². The average molecular weight is 325 g/mol. The van der Waals surface area contributed by atoms with Crippen LogP contribution in [0.15, 0.2) is 42.9 Å². The minimum atomic E-state index is -0.104. The fourth-order valence-corrected chi connectivity index (χ4v) is 2.55.